The predicted octanol–water partition coefficient (Wildman–Crippen LogP) is 2.64. The molecule has 0 aliphatic carbocycles. The molecule has 4 nitrogen and oxygen atoms in total. The van der Waals surface area contributed by atoms with Crippen molar-refractivity contribution in [3.05, 3.63) is 28.8 Å². The molecule has 1 atom stereocenters. The van der Waals surface area contributed by atoms with E-state index in [0.29, 0.717) is 29.5 Å². The van der Waals surface area contributed by atoms with Crippen molar-refractivity contribution in [2.75, 3.05) is 33.4 Å². The number of methoxy groups -OCH3 is 1. The summed E-state index contributed by atoms with van der Waals surface area (Å²) in [4.78, 5) is 14.7. The quantitative estimate of drug-likeness (QED) is 0.783. The summed E-state index contributed by atoms with van der Waals surface area (Å²) < 4.78 is 10.8. The number of carbonyl (C=O) groups is 1. The minimum absolute atomic E-state index is 0.0132. The fourth-order valence-electron chi connectivity index (χ4n) is 2.38. The molecule has 1 aromatic carbocycles. The number of ketones is 1. The maximum Gasteiger partial charge on any atom is 0.193 e. The Morgan fingerprint density at radius 2 is 2.35 bits per heavy atom. The lowest BCUT2D eigenvalue weighted by Gasteiger charge is -2.31. The molecule has 0 radical (unpaired) electrons. The predicted molar refractivity (Wildman–Crippen MR) is 78.8 cm³/mol. The Balaban J connectivity index is 2.10. The maximum atomic E-state index is 12.5. The van der Waals surface area contributed by atoms with Crippen LogP contribution >= 0.6 is 11.6 Å². The van der Waals surface area contributed by atoms with Gasteiger partial charge in [0.15, 0.2) is 5.78 Å². The monoisotopic (exact) mass is 297 g/mol. The van der Waals surface area contributed by atoms with Crippen molar-refractivity contribution >= 4 is 17.4 Å². The standard InChI is InChI=1S/C15H20ClNO3/c1-3-6-17-7-8-20-14(10-17)15(18)11-4-5-12(16)13(9-11)19-2/h4-5,9,14H,3,6-8,10H2,1-2H3. The third-order valence-electron chi connectivity index (χ3n) is 3.42. The van der Waals surface area contributed by atoms with Gasteiger partial charge < -0.3 is 9.47 Å². The summed E-state index contributed by atoms with van der Waals surface area (Å²) in [6.45, 7) is 5.27. The summed E-state index contributed by atoms with van der Waals surface area (Å²) in [6.07, 6.45) is 0.677. The summed E-state index contributed by atoms with van der Waals surface area (Å²) in [5.41, 5.74) is 0.578. The first kappa shape index (κ1) is 15.3. The molecule has 1 aliphatic rings. The number of morpholine rings is 1. The Hall–Kier alpha value is -1.10. The van der Waals surface area contributed by atoms with Gasteiger partial charge in [-0.05, 0) is 31.2 Å². The van der Waals surface area contributed by atoms with Crippen LogP contribution in [0.4, 0.5) is 0 Å². The van der Waals surface area contributed by atoms with Gasteiger partial charge in [0.1, 0.15) is 11.9 Å². The van der Waals surface area contributed by atoms with Crippen molar-refractivity contribution in [3.8, 4) is 5.75 Å². The molecule has 1 unspecified atom stereocenters. The summed E-state index contributed by atoms with van der Waals surface area (Å²) in [6, 6.07) is 5.07. The van der Waals surface area contributed by atoms with Crippen LogP contribution in [-0.4, -0.2) is 50.1 Å². The molecule has 5 heteroatoms. The molecular weight excluding hydrogens is 278 g/mol. The lowest BCUT2D eigenvalue weighted by molar-refractivity contribution is -0.0163. The summed E-state index contributed by atoms with van der Waals surface area (Å²) in [5, 5.41) is 0.501. The average Bonchev–Trinajstić information content (AvgIpc) is 2.48. The second-order valence-corrected chi connectivity index (χ2v) is 5.28. The van der Waals surface area contributed by atoms with Gasteiger partial charge in [0.25, 0.3) is 0 Å². The number of ether oxygens (including phenoxy) is 2. The molecule has 0 N–H and O–H groups in total. The van der Waals surface area contributed by atoms with Crippen LogP contribution in [-0.2, 0) is 4.74 Å². The summed E-state index contributed by atoms with van der Waals surface area (Å²) in [7, 11) is 1.54. The molecular formula is C15H20ClNO3. The van der Waals surface area contributed by atoms with E-state index in [4.69, 9.17) is 21.1 Å². The van der Waals surface area contributed by atoms with Crippen molar-refractivity contribution in [2.45, 2.75) is 19.4 Å². The fraction of sp³-hybridized carbons (Fsp3) is 0.533. The van der Waals surface area contributed by atoms with Gasteiger partial charge in [-0.2, -0.15) is 0 Å². The molecule has 1 aromatic rings. The van der Waals surface area contributed by atoms with Crippen LogP contribution in [0.5, 0.6) is 5.75 Å². The lowest BCUT2D eigenvalue weighted by atomic mass is 10.0. The Kier molecular flexibility index (Phi) is 5.40. The van der Waals surface area contributed by atoms with Crippen LogP contribution < -0.4 is 4.74 Å². The fourth-order valence-corrected chi connectivity index (χ4v) is 2.57. The van der Waals surface area contributed by atoms with E-state index >= 15 is 0 Å². The molecule has 0 aromatic heterocycles. The Bertz CT molecular complexity index is 476. The molecule has 0 saturated carbocycles. The zero-order valence-corrected chi connectivity index (χ0v) is 12.7. The number of benzene rings is 1. The first-order valence-electron chi connectivity index (χ1n) is 6.87. The number of Topliss-reactive ketones (excluding diaryl/α,β-unsaturated/α-hetero) is 1. The van der Waals surface area contributed by atoms with Crippen LogP contribution in [0.25, 0.3) is 0 Å². The van der Waals surface area contributed by atoms with E-state index in [1.165, 1.54) is 7.11 Å². The second kappa shape index (κ2) is 7.07. The molecule has 1 heterocycles. The molecule has 1 saturated heterocycles. The molecule has 110 valence electrons. The lowest BCUT2D eigenvalue weighted by Crippen LogP contribution is -2.46. The SMILES string of the molecule is CCCN1CCOC(C(=O)c2ccc(Cl)c(OC)c2)C1. The largest absolute Gasteiger partial charge is 0.495 e. The van der Waals surface area contributed by atoms with Gasteiger partial charge in [-0.3, -0.25) is 9.69 Å². The highest BCUT2D eigenvalue weighted by Gasteiger charge is 2.27. The topological polar surface area (TPSA) is 38.8 Å². The van der Waals surface area contributed by atoms with E-state index < -0.39 is 6.10 Å². The zero-order valence-electron chi connectivity index (χ0n) is 11.9. The summed E-state index contributed by atoms with van der Waals surface area (Å²) in [5.74, 6) is 0.500. The Morgan fingerprint density at radius 1 is 1.55 bits per heavy atom. The highest BCUT2D eigenvalue weighted by atomic mass is 35.5. The van der Waals surface area contributed by atoms with Crippen molar-refractivity contribution in [3.63, 3.8) is 0 Å². The first-order valence-corrected chi connectivity index (χ1v) is 7.25. The maximum absolute atomic E-state index is 12.5. The van der Waals surface area contributed by atoms with E-state index in [2.05, 4.69) is 11.8 Å². The van der Waals surface area contributed by atoms with Gasteiger partial charge in [-0.1, -0.05) is 18.5 Å². The average molecular weight is 298 g/mol. The second-order valence-electron chi connectivity index (χ2n) is 4.87. The highest BCUT2D eigenvalue weighted by molar-refractivity contribution is 6.32. The number of hydrogen-bond acceptors (Lipinski definition) is 4. The van der Waals surface area contributed by atoms with Gasteiger partial charge in [-0.15, -0.1) is 0 Å². The summed E-state index contributed by atoms with van der Waals surface area (Å²) >= 11 is 5.98. The number of carbonyl (C=O) groups excluding carboxylic acids is 1. The molecule has 1 fully saturated rings. The van der Waals surface area contributed by atoms with E-state index in [9.17, 15) is 4.79 Å². The molecule has 20 heavy (non-hydrogen) atoms. The van der Waals surface area contributed by atoms with Gasteiger partial charge >= 0.3 is 0 Å². The smallest absolute Gasteiger partial charge is 0.193 e. The van der Waals surface area contributed by atoms with Gasteiger partial charge in [-0.25, -0.2) is 0 Å². The van der Waals surface area contributed by atoms with Gasteiger partial charge in [0, 0.05) is 18.7 Å². The van der Waals surface area contributed by atoms with Crippen molar-refractivity contribution in [1.82, 2.24) is 4.90 Å². The number of rotatable bonds is 5. The third-order valence-corrected chi connectivity index (χ3v) is 3.73. The van der Waals surface area contributed by atoms with E-state index in [-0.39, 0.29) is 5.78 Å². The van der Waals surface area contributed by atoms with E-state index in [1.807, 2.05) is 0 Å². The normalized spacial score (nSPS) is 19.9. The van der Waals surface area contributed by atoms with Crippen molar-refractivity contribution in [2.24, 2.45) is 0 Å². The zero-order chi connectivity index (χ0) is 14.5. The van der Waals surface area contributed by atoms with Crippen molar-refractivity contribution < 1.29 is 14.3 Å². The van der Waals surface area contributed by atoms with Gasteiger partial charge in [0.2, 0.25) is 0 Å². The highest BCUT2D eigenvalue weighted by Crippen LogP contribution is 2.26. The van der Waals surface area contributed by atoms with Crippen LogP contribution in [0.2, 0.25) is 5.02 Å². The minimum atomic E-state index is -0.402. The Labute approximate surface area is 124 Å². The number of hydrogen-bond donors (Lipinski definition) is 0. The van der Waals surface area contributed by atoms with Crippen LogP contribution in [0.15, 0.2) is 18.2 Å². The Morgan fingerprint density at radius 3 is 3.05 bits per heavy atom. The third kappa shape index (κ3) is 3.51. The molecule has 1 aliphatic heterocycles. The number of halogens is 1. The molecule has 0 amide bonds. The van der Waals surface area contributed by atoms with Crippen LogP contribution in [0, 0.1) is 0 Å². The molecule has 0 spiro atoms. The van der Waals surface area contributed by atoms with Crippen molar-refractivity contribution in [1.29, 1.82) is 0 Å². The molecule has 2 rings (SSSR count). The molecule has 0 bridgehead atoms. The van der Waals surface area contributed by atoms with Crippen LogP contribution in [0.1, 0.15) is 23.7 Å². The van der Waals surface area contributed by atoms with Gasteiger partial charge in [0.05, 0.1) is 18.7 Å². The first-order chi connectivity index (χ1) is 9.65. The van der Waals surface area contributed by atoms with E-state index in [1.54, 1.807) is 18.2 Å². The van der Waals surface area contributed by atoms with E-state index in [0.717, 1.165) is 19.5 Å². The minimum Gasteiger partial charge on any atom is -0.495 e. The number of nitrogens with zero attached hydrogens (tertiary/aromatic N) is 1. The van der Waals surface area contributed by atoms with Crippen LogP contribution in [0.3, 0.4) is 0 Å².